The first-order valence-electron chi connectivity index (χ1n) is 7.51. The molecule has 1 aliphatic rings. The summed E-state index contributed by atoms with van der Waals surface area (Å²) >= 11 is 0. The predicted molar refractivity (Wildman–Crippen MR) is 86.3 cm³/mol. The topological polar surface area (TPSA) is 75.4 Å². The molecule has 3 aromatic rings. The highest BCUT2D eigenvalue weighted by atomic mass is 16.2. The van der Waals surface area contributed by atoms with Crippen LogP contribution in [0.15, 0.2) is 43.0 Å². The number of anilines is 2. The van der Waals surface area contributed by atoms with Crippen LogP contribution in [0.25, 0.3) is 5.65 Å². The zero-order chi connectivity index (χ0) is 15.8. The highest BCUT2D eigenvalue weighted by molar-refractivity contribution is 6.01. The number of hydrogen-bond donors (Lipinski definition) is 1. The molecule has 0 spiro atoms. The van der Waals surface area contributed by atoms with Crippen LogP contribution in [-0.2, 0) is 4.79 Å². The van der Waals surface area contributed by atoms with E-state index in [1.807, 2.05) is 31.2 Å². The van der Waals surface area contributed by atoms with Gasteiger partial charge in [-0.05, 0) is 25.5 Å². The average Bonchev–Trinajstić information content (AvgIpc) is 3.17. The van der Waals surface area contributed by atoms with Crippen LogP contribution < -0.4 is 10.2 Å². The third-order valence-electron chi connectivity index (χ3n) is 4.08. The first-order chi connectivity index (χ1) is 11.2. The Bertz CT molecular complexity index is 856. The molecule has 1 aliphatic heterocycles. The van der Waals surface area contributed by atoms with E-state index in [0.717, 1.165) is 12.1 Å². The third-order valence-corrected chi connectivity index (χ3v) is 4.08. The molecule has 0 saturated carbocycles. The van der Waals surface area contributed by atoms with Crippen molar-refractivity contribution in [1.29, 1.82) is 0 Å². The summed E-state index contributed by atoms with van der Waals surface area (Å²) < 4.78 is 1.77. The number of benzene rings is 1. The van der Waals surface area contributed by atoms with Gasteiger partial charge < -0.3 is 10.2 Å². The summed E-state index contributed by atoms with van der Waals surface area (Å²) in [4.78, 5) is 18.8. The SMILES string of the molecule is Cc1ccc(N2CC[C@@H](Nc3nccn4cnnc34)C2=O)cc1. The number of nitrogens with zero attached hydrogens (tertiary/aromatic N) is 5. The quantitative estimate of drug-likeness (QED) is 0.796. The summed E-state index contributed by atoms with van der Waals surface area (Å²) in [5.74, 6) is 0.631. The molecule has 7 nitrogen and oxygen atoms in total. The van der Waals surface area contributed by atoms with E-state index in [1.54, 1.807) is 28.0 Å². The lowest BCUT2D eigenvalue weighted by atomic mass is 10.2. The number of rotatable bonds is 3. The minimum atomic E-state index is -0.299. The van der Waals surface area contributed by atoms with Crippen molar-refractivity contribution in [3.05, 3.63) is 48.5 Å². The molecule has 1 N–H and O–H groups in total. The van der Waals surface area contributed by atoms with Gasteiger partial charge in [-0.3, -0.25) is 9.20 Å². The lowest BCUT2D eigenvalue weighted by Crippen LogP contribution is -2.33. The normalized spacial score (nSPS) is 17.9. The van der Waals surface area contributed by atoms with Crippen molar-refractivity contribution in [3.8, 4) is 0 Å². The van der Waals surface area contributed by atoms with Gasteiger partial charge in [-0.15, -0.1) is 10.2 Å². The van der Waals surface area contributed by atoms with Crippen molar-refractivity contribution in [2.45, 2.75) is 19.4 Å². The van der Waals surface area contributed by atoms with Gasteiger partial charge in [-0.25, -0.2) is 4.98 Å². The van der Waals surface area contributed by atoms with Crippen LogP contribution in [0.3, 0.4) is 0 Å². The molecule has 116 valence electrons. The van der Waals surface area contributed by atoms with Gasteiger partial charge in [-0.2, -0.15) is 0 Å². The highest BCUT2D eigenvalue weighted by Crippen LogP contribution is 2.24. The van der Waals surface area contributed by atoms with Crippen molar-refractivity contribution in [1.82, 2.24) is 19.6 Å². The Balaban J connectivity index is 1.56. The molecule has 1 aromatic carbocycles. The van der Waals surface area contributed by atoms with Crippen molar-refractivity contribution < 1.29 is 4.79 Å². The molecule has 1 saturated heterocycles. The number of nitrogens with one attached hydrogen (secondary N) is 1. The van der Waals surface area contributed by atoms with Crippen molar-refractivity contribution in [2.75, 3.05) is 16.8 Å². The second kappa shape index (κ2) is 5.35. The Morgan fingerprint density at radius 1 is 1.26 bits per heavy atom. The molecule has 0 unspecified atom stereocenters. The molecule has 0 radical (unpaired) electrons. The fraction of sp³-hybridized carbons (Fsp3) is 0.250. The molecule has 1 atom stereocenters. The predicted octanol–water partition coefficient (Wildman–Crippen LogP) is 1.65. The van der Waals surface area contributed by atoms with Crippen LogP contribution in [0.1, 0.15) is 12.0 Å². The van der Waals surface area contributed by atoms with E-state index in [2.05, 4.69) is 20.5 Å². The maximum atomic E-state index is 12.7. The number of carbonyl (C=O) groups is 1. The zero-order valence-corrected chi connectivity index (χ0v) is 12.7. The smallest absolute Gasteiger partial charge is 0.249 e. The van der Waals surface area contributed by atoms with E-state index >= 15 is 0 Å². The highest BCUT2D eigenvalue weighted by Gasteiger charge is 2.33. The van der Waals surface area contributed by atoms with Gasteiger partial charge >= 0.3 is 0 Å². The first kappa shape index (κ1) is 13.7. The van der Waals surface area contributed by atoms with Crippen LogP contribution >= 0.6 is 0 Å². The number of hydrogen-bond acceptors (Lipinski definition) is 5. The van der Waals surface area contributed by atoms with Gasteiger partial charge in [0.05, 0.1) is 0 Å². The number of amides is 1. The molecule has 4 rings (SSSR count). The molecule has 2 aromatic heterocycles. The first-order valence-corrected chi connectivity index (χ1v) is 7.51. The molecular formula is C16H16N6O. The Hall–Kier alpha value is -2.96. The number of aryl methyl sites for hydroxylation is 1. The fourth-order valence-electron chi connectivity index (χ4n) is 2.82. The second-order valence-corrected chi connectivity index (χ2v) is 5.65. The van der Waals surface area contributed by atoms with Crippen LogP contribution in [-0.4, -0.2) is 38.1 Å². The van der Waals surface area contributed by atoms with Crippen molar-refractivity contribution in [2.24, 2.45) is 0 Å². The van der Waals surface area contributed by atoms with Gasteiger partial charge in [0.25, 0.3) is 0 Å². The van der Waals surface area contributed by atoms with E-state index in [9.17, 15) is 4.79 Å². The van der Waals surface area contributed by atoms with Gasteiger partial charge in [0, 0.05) is 24.6 Å². The lowest BCUT2D eigenvalue weighted by Gasteiger charge is -2.17. The molecular weight excluding hydrogens is 292 g/mol. The fourth-order valence-corrected chi connectivity index (χ4v) is 2.82. The molecule has 3 heterocycles. The summed E-state index contributed by atoms with van der Waals surface area (Å²) in [6.45, 7) is 2.72. The summed E-state index contributed by atoms with van der Waals surface area (Å²) in [6, 6.07) is 7.69. The van der Waals surface area contributed by atoms with E-state index in [4.69, 9.17) is 0 Å². The van der Waals surface area contributed by atoms with Crippen molar-refractivity contribution >= 4 is 23.1 Å². The molecule has 23 heavy (non-hydrogen) atoms. The van der Waals surface area contributed by atoms with Gasteiger partial charge in [-0.1, -0.05) is 17.7 Å². The molecule has 0 aliphatic carbocycles. The zero-order valence-electron chi connectivity index (χ0n) is 12.7. The molecule has 1 fully saturated rings. The second-order valence-electron chi connectivity index (χ2n) is 5.65. The van der Waals surface area contributed by atoms with Gasteiger partial charge in [0.1, 0.15) is 12.4 Å². The van der Waals surface area contributed by atoms with E-state index in [0.29, 0.717) is 18.0 Å². The monoisotopic (exact) mass is 308 g/mol. The largest absolute Gasteiger partial charge is 0.355 e. The van der Waals surface area contributed by atoms with E-state index in [1.165, 1.54) is 5.56 Å². The summed E-state index contributed by atoms with van der Waals surface area (Å²) in [7, 11) is 0. The summed E-state index contributed by atoms with van der Waals surface area (Å²) in [5, 5.41) is 11.1. The molecule has 7 heteroatoms. The number of fused-ring (bicyclic) bond motifs is 1. The van der Waals surface area contributed by atoms with Crippen LogP contribution in [0.2, 0.25) is 0 Å². The van der Waals surface area contributed by atoms with Crippen LogP contribution in [0.5, 0.6) is 0 Å². The standard InChI is InChI=1S/C16H16N6O/c1-11-2-4-12(5-3-11)22-8-6-13(16(22)23)19-14-15-20-18-10-21(15)9-7-17-14/h2-5,7,9-10,13H,6,8H2,1H3,(H,17,19)/t13-/m1/s1. The Morgan fingerprint density at radius 3 is 2.91 bits per heavy atom. The molecule has 1 amide bonds. The third kappa shape index (κ3) is 2.40. The lowest BCUT2D eigenvalue weighted by molar-refractivity contribution is -0.117. The van der Waals surface area contributed by atoms with E-state index in [-0.39, 0.29) is 11.9 Å². The van der Waals surface area contributed by atoms with Gasteiger partial charge in [0.2, 0.25) is 11.6 Å². The van der Waals surface area contributed by atoms with Gasteiger partial charge in [0.15, 0.2) is 5.82 Å². The Labute approximate surface area is 133 Å². The maximum absolute atomic E-state index is 12.7. The maximum Gasteiger partial charge on any atom is 0.249 e. The minimum Gasteiger partial charge on any atom is -0.355 e. The summed E-state index contributed by atoms with van der Waals surface area (Å²) in [6.07, 6.45) is 5.77. The Morgan fingerprint density at radius 2 is 2.09 bits per heavy atom. The number of carbonyl (C=O) groups excluding carboxylic acids is 1. The molecule has 0 bridgehead atoms. The van der Waals surface area contributed by atoms with Crippen LogP contribution in [0.4, 0.5) is 11.5 Å². The van der Waals surface area contributed by atoms with Crippen LogP contribution in [0, 0.1) is 6.92 Å². The number of aromatic nitrogens is 4. The Kier molecular flexibility index (Phi) is 3.18. The minimum absolute atomic E-state index is 0.0529. The van der Waals surface area contributed by atoms with E-state index < -0.39 is 0 Å². The summed E-state index contributed by atoms with van der Waals surface area (Å²) in [5.41, 5.74) is 2.73. The average molecular weight is 308 g/mol. The van der Waals surface area contributed by atoms with Crippen molar-refractivity contribution in [3.63, 3.8) is 0 Å².